The number of pyridine rings is 1. The molecule has 0 unspecified atom stereocenters. The van der Waals surface area contributed by atoms with E-state index < -0.39 is 0 Å². The second-order valence-corrected chi connectivity index (χ2v) is 8.93. The first-order chi connectivity index (χ1) is 17.7. The molecular formula is C27H26ClN7O. The first-order valence-corrected chi connectivity index (χ1v) is 12.3. The summed E-state index contributed by atoms with van der Waals surface area (Å²) in [6.45, 7) is 3.10. The molecule has 5 aromatic rings. The number of benzene rings is 2. The number of halogens is 1. The number of hydrogen-bond acceptors (Lipinski definition) is 5. The number of aromatic nitrogens is 7. The summed E-state index contributed by atoms with van der Waals surface area (Å²) in [4.78, 5) is 17.8. The SMILES string of the molecule is CCCc1c(Cl)n(CCc2ccccc2)c(=O)n1Cc1ccc(-c2cccnc2-c2nn[nH]n2)cc1. The van der Waals surface area contributed by atoms with E-state index in [9.17, 15) is 4.79 Å². The van der Waals surface area contributed by atoms with Crippen LogP contribution in [0.25, 0.3) is 22.6 Å². The number of nitrogens with one attached hydrogen (secondary N) is 1. The molecule has 0 aliphatic carbocycles. The number of aromatic amines is 1. The highest BCUT2D eigenvalue weighted by Gasteiger charge is 2.18. The summed E-state index contributed by atoms with van der Waals surface area (Å²) in [5.74, 6) is 0.442. The van der Waals surface area contributed by atoms with Gasteiger partial charge in [0.1, 0.15) is 10.8 Å². The minimum Gasteiger partial charge on any atom is -0.290 e. The van der Waals surface area contributed by atoms with Crippen LogP contribution in [0.15, 0.2) is 77.7 Å². The first-order valence-electron chi connectivity index (χ1n) is 12.0. The second-order valence-electron chi connectivity index (χ2n) is 8.58. The maximum atomic E-state index is 13.4. The zero-order valence-corrected chi connectivity index (χ0v) is 20.7. The molecule has 1 N–H and O–H groups in total. The fraction of sp³-hybridized carbons (Fsp3) is 0.222. The zero-order chi connectivity index (χ0) is 24.9. The van der Waals surface area contributed by atoms with Crippen molar-refractivity contribution in [2.24, 2.45) is 0 Å². The van der Waals surface area contributed by atoms with Gasteiger partial charge in [-0.1, -0.05) is 85.6 Å². The largest absolute Gasteiger partial charge is 0.329 e. The molecule has 9 heteroatoms. The predicted octanol–water partition coefficient (Wildman–Crippen LogP) is 4.79. The Morgan fingerprint density at radius 3 is 2.44 bits per heavy atom. The Hall–Kier alpha value is -4.04. The third kappa shape index (κ3) is 4.85. The monoisotopic (exact) mass is 499 g/mol. The van der Waals surface area contributed by atoms with Crippen LogP contribution in [0.1, 0.15) is 30.2 Å². The molecule has 0 aliphatic rings. The predicted molar refractivity (Wildman–Crippen MR) is 140 cm³/mol. The van der Waals surface area contributed by atoms with Crippen LogP contribution in [-0.2, 0) is 25.9 Å². The quantitative estimate of drug-likeness (QED) is 0.314. The van der Waals surface area contributed by atoms with Crippen molar-refractivity contribution in [3.8, 4) is 22.6 Å². The lowest BCUT2D eigenvalue weighted by molar-refractivity contribution is 0.628. The summed E-state index contributed by atoms with van der Waals surface area (Å²) < 4.78 is 3.50. The van der Waals surface area contributed by atoms with Gasteiger partial charge in [-0.05, 0) is 40.8 Å². The normalized spacial score (nSPS) is 11.2. The van der Waals surface area contributed by atoms with Gasteiger partial charge in [0.2, 0.25) is 5.82 Å². The van der Waals surface area contributed by atoms with Crippen molar-refractivity contribution >= 4 is 11.6 Å². The van der Waals surface area contributed by atoms with Crippen LogP contribution in [0.2, 0.25) is 5.15 Å². The van der Waals surface area contributed by atoms with E-state index in [2.05, 4.69) is 44.7 Å². The molecule has 0 aliphatic heterocycles. The van der Waals surface area contributed by atoms with Crippen LogP contribution < -0.4 is 5.69 Å². The van der Waals surface area contributed by atoms with E-state index in [1.54, 1.807) is 15.3 Å². The number of rotatable bonds is 9. The van der Waals surface area contributed by atoms with Crippen molar-refractivity contribution < 1.29 is 0 Å². The molecule has 5 rings (SSSR count). The van der Waals surface area contributed by atoms with Gasteiger partial charge in [-0.3, -0.25) is 14.1 Å². The Morgan fingerprint density at radius 2 is 1.72 bits per heavy atom. The van der Waals surface area contributed by atoms with Crippen molar-refractivity contribution in [3.63, 3.8) is 0 Å². The highest BCUT2D eigenvalue weighted by molar-refractivity contribution is 6.30. The molecular weight excluding hydrogens is 474 g/mol. The van der Waals surface area contributed by atoms with Crippen LogP contribution in [-0.4, -0.2) is 34.7 Å². The summed E-state index contributed by atoms with van der Waals surface area (Å²) in [5, 5.41) is 14.8. The highest BCUT2D eigenvalue weighted by Crippen LogP contribution is 2.28. The van der Waals surface area contributed by atoms with Crippen LogP contribution in [0.5, 0.6) is 0 Å². The first kappa shape index (κ1) is 23.7. The van der Waals surface area contributed by atoms with Gasteiger partial charge < -0.3 is 0 Å². The average molecular weight is 500 g/mol. The van der Waals surface area contributed by atoms with E-state index in [-0.39, 0.29) is 5.69 Å². The third-order valence-corrected chi connectivity index (χ3v) is 6.61. The van der Waals surface area contributed by atoms with Crippen molar-refractivity contribution in [3.05, 3.63) is 105 Å². The fourth-order valence-corrected chi connectivity index (χ4v) is 4.73. The second kappa shape index (κ2) is 10.7. The molecule has 0 saturated heterocycles. The lowest BCUT2D eigenvalue weighted by atomic mass is 10.0. The van der Waals surface area contributed by atoms with E-state index in [0.717, 1.165) is 41.6 Å². The van der Waals surface area contributed by atoms with Gasteiger partial charge in [0.15, 0.2) is 0 Å². The number of tetrazole rings is 1. The van der Waals surface area contributed by atoms with E-state index in [1.165, 1.54) is 5.56 Å². The van der Waals surface area contributed by atoms with Crippen molar-refractivity contribution in [1.82, 2.24) is 34.7 Å². The number of H-pyrrole nitrogens is 1. The van der Waals surface area contributed by atoms with Gasteiger partial charge in [0.25, 0.3) is 0 Å². The Kier molecular flexibility index (Phi) is 7.04. The topological polar surface area (TPSA) is 94.3 Å². The van der Waals surface area contributed by atoms with Crippen LogP contribution in [0.3, 0.4) is 0 Å². The zero-order valence-electron chi connectivity index (χ0n) is 19.9. The Morgan fingerprint density at radius 1 is 0.917 bits per heavy atom. The standard InChI is InChI=1S/C27H26ClN7O/c1-2-7-23-25(28)34(17-15-19-8-4-3-5-9-19)27(36)35(23)18-20-11-13-21(14-12-20)22-10-6-16-29-24(22)26-30-32-33-31-26/h3-6,8-14,16H,2,7,15,17-18H2,1H3,(H,30,31,32,33). The molecule has 182 valence electrons. The summed E-state index contributed by atoms with van der Waals surface area (Å²) in [6.07, 6.45) is 4.10. The number of hydrogen-bond donors (Lipinski definition) is 1. The minimum absolute atomic E-state index is 0.0740. The lowest BCUT2D eigenvalue weighted by Crippen LogP contribution is -2.26. The summed E-state index contributed by atoms with van der Waals surface area (Å²) >= 11 is 6.73. The van der Waals surface area contributed by atoms with Gasteiger partial charge in [0.05, 0.1) is 12.2 Å². The number of aryl methyl sites for hydroxylation is 1. The molecule has 3 heterocycles. The molecule has 0 fully saturated rings. The van der Waals surface area contributed by atoms with Gasteiger partial charge in [0, 0.05) is 18.3 Å². The average Bonchev–Trinajstić information content (AvgIpc) is 3.53. The van der Waals surface area contributed by atoms with Crippen molar-refractivity contribution in [2.45, 2.75) is 39.3 Å². The van der Waals surface area contributed by atoms with Gasteiger partial charge in [-0.2, -0.15) is 5.21 Å². The van der Waals surface area contributed by atoms with Gasteiger partial charge in [-0.15, -0.1) is 10.2 Å². The van der Waals surface area contributed by atoms with Crippen LogP contribution in [0, 0.1) is 0 Å². The summed E-state index contributed by atoms with van der Waals surface area (Å²) in [7, 11) is 0. The Bertz CT molecular complexity index is 1490. The molecule has 3 aromatic heterocycles. The number of imidazole rings is 1. The van der Waals surface area contributed by atoms with E-state index in [0.29, 0.717) is 29.8 Å². The van der Waals surface area contributed by atoms with Crippen molar-refractivity contribution in [1.29, 1.82) is 0 Å². The van der Waals surface area contributed by atoms with Gasteiger partial charge >= 0.3 is 5.69 Å². The van der Waals surface area contributed by atoms with E-state index in [4.69, 9.17) is 11.6 Å². The van der Waals surface area contributed by atoms with E-state index >= 15 is 0 Å². The Balaban J connectivity index is 1.41. The smallest absolute Gasteiger partial charge is 0.290 e. The summed E-state index contributed by atoms with van der Waals surface area (Å²) in [6, 6.07) is 22.1. The molecule has 2 aromatic carbocycles. The molecule has 0 atom stereocenters. The van der Waals surface area contributed by atoms with Gasteiger partial charge in [-0.25, -0.2) is 4.79 Å². The van der Waals surface area contributed by atoms with Crippen LogP contribution in [0.4, 0.5) is 0 Å². The molecule has 0 radical (unpaired) electrons. The molecule has 0 spiro atoms. The van der Waals surface area contributed by atoms with E-state index in [1.807, 2.05) is 54.6 Å². The number of nitrogens with zero attached hydrogens (tertiary/aromatic N) is 6. The fourth-order valence-electron chi connectivity index (χ4n) is 4.38. The molecule has 8 nitrogen and oxygen atoms in total. The maximum absolute atomic E-state index is 13.4. The Labute approximate surface area is 213 Å². The summed E-state index contributed by atoms with van der Waals surface area (Å²) in [5.41, 5.74) is 5.54. The highest BCUT2D eigenvalue weighted by atomic mass is 35.5. The molecule has 0 saturated carbocycles. The maximum Gasteiger partial charge on any atom is 0.329 e. The molecule has 36 heavy (non-hydrogen) atoms. The minimum atomic E-state index is -0.0740. The lowest BCUT2D eigenvalue weighted by Gasteiger charge is -2.09. The molecule has 0 bridgehead atoms. The molecule has 0 amide bonds. The van der Waals surface area contributed by atoms with Crippen LogP contribution >= 0.6 is 11.6 Å². The third-order valence-electron chi connectivity index (χ3n) is 6.19. The van der Waals surface area contributed by atoms with Crippen molar-refractivity contribution in [2.75, 3.05) is 0 Å².